The Kier molecular flexibility index (Phi) is 3.14. The van der Waals surface area contributed by atoms with E-state index in [9.17, 15) is 8.78 Å². The highest BCUT2D eigenvalue weighted by atomic mass is 19.1. The lowest BCUT2D eigenvalue weighted by molar-refractivity contribution is 0.149. The van der Waals surface area contributed by atoms with Crippen molar-refractivity contribution in [3.8, 4) is 0 Å². The number of imidazole rings is 1. The Bertz CT molecular complexity index is 496. The van der Waals surface area contributed by atoms with Gasteiger partial charge in [-0.15, -0.1) is 0 Å². The third-order valence-corrected chi connectivity index (χ3v) is 2.24. The molecule has 0 aliphatic carbocycles. The van der Waals surface area contributed by atoms with Crippen molar-refractivity contribution in [1.82, 2.24) is 9.97 Å². The van der Waals surface area contributed by atoms with Crippen molar-refractivity contribution in [3.63, 3.8) is 0 Å². The van der Waals surface area contributed by atoms with E-state index in [4.69, 9.17) is 4.74 Å². The molecular weight excluding hydrogens is 214 g/mol. The average Bonchev–Trinajstić information content (AvgIpc) is 2.61. The van der Waals surface area contributed by atoms with Gasteiger partial charge in [0.05, 0.1) is 12.1 Å². The molecule has 0 spiro atoms. The smallest absolute Gasteiger partial charge is 0.153 e. The van der Waals surface area contributed by atoms with E-state index in [0.29, 0.717) is 31.0 Å². The second kappa shape index (κ2) is 4.57. The second-order valence-electron chi connectivity index (χ2n) is 3.41. The van der Waals surface area contributed by atoms with Gasteiger partial charge in [-0.2, -0.15) is 0 Å². The molecular formula is C11H12F2N2O. The highest BCUT2D eigenvalue weighted by Crippen LogP contribution is 2.17. The van der Waals surface area contributed by atoms with Crippen molar-refractivity contribution in [2.24, 2.45) is 0 Å². The summed E-state index contributed by atoms with van der Waals surface area (Å²) in [6, 6.07) is 2.06. The minimum Gasteiger partial charge on any atom is -0.381 e. The van der Waals surface area contributed by atoms with Crippen LogP contribution in [0.25, 0.3) is 11.0 Å². The zero-order valence-corrected chi connectivity index (χ0v) is 8.89. The van der Waals surface area contributed by atoms with E-state index < -0.39 is 11.6 Å². The zero-order valence-electron chi connectivity index (χ0n) is 8.89. The number of fused-ring (bicyclic) bond motifs is 1. The van der Waals surface area contributed by atoms with Crippen molar-refractivity contribution in [2.75, 3.05) is 13.2 Å². The number of benzene rings is 1. The lowest BCUT2D eigenvalue weighted by atomic mass is 10.3. The van der Waals surface area contributed by atoms with E-state index in [-0.39, 0.29) is 5.52 Å². The van der Waals surface area contributed by atoms with Crippen LogP contribution in [0.2, 0.25) is 0 Å². The SMILES string of the molecule is CCOCCc1nc2c(F)cc(F)cc2[nH]1. The van der Waals surface area contributed by atoms with Gasteiger partial charge in [-0.05, 0) is 13.0 Å². The molecule has 1 N–H and O–H groups in total. The fourth-order valence-corrected chi connectivity index (χ4v) is 1.52. The molecule has 1 aromatic carbocycles. The fraction of sp³-hybridized carbons (Fsp3) is 0.364. The molecule has 2 aromatic rings. The van der Waals surface area contributed by atoms with Crippen LogP contribution >= 0.6 is 0 Å². The summed E-state index contributed by atoms with van der Waals surface area (Å²) in [6.45, 7) is 3.04. The van der Waals surface area contributed by atoms with Crippen LogP contribution in [0.3, 0.4) is 0 Å². The van der Waals surface area contributed by atoms with Crippen LogP contribution in [0.1, 0.15) is 12.7 Å². The molecule has 0 saturated heterocycles. The number of hydrogen-bond donors (Lipinski definition) is 1. The lowest BCUT2D eigenvalue weighted by Gasteiger charge is -1.96. The number of nitrogens with zero attached hydrogens (tertiary/aromatic N) is 1. The zero-order chi connectivity index (χ0) is 11.5. The minimum absolute atomic E-state index is 0.174. The van der Waals surface area contributed by atoms with Crippen molar-refractivity contribution >= 4 is 11.0 Å². The van der Waals surface area contributed by atoms with Gasteiger partial charge < -0.3 is 9.72 Å². The predicted molar refractivity (Wildman–Crippen MR) is 56.2 cm³/mol. The number of rotatable bonds is 4. The molecule has 86 valence electrons. The Morgan fingerprint density at radius 3 is 2.94 bits per heavy atom. The van der Waals surface area contributed by atoms with Crippen LogP contribution in [0.5, 0.6) is 0 Å². The Balaban J connectivity index is 2.26. The molecule has 1 aromatic heterocycles. The number of H-pyrrole nitrogens is 1. The predicted octanol–water partition coefficient (Wildman–Crippen LogP) is 2.42. The summed E-state index contributed by atoms with van der Waals surface area (Å²) < 4.78 is 31.4. The Labute approximate surface area is 91.4 Å². The molecule has 0 amide bonds. The Morgan fingerprint density at radius 1 is 1.38 bits per heavy atom. The van der Waals surface area contributed by atoms with Crippen LogP contribution in [0.4, 0.5) is 8.78 Å². The van der Waals surface area contributed by atoms with Crippen molar-refractivity contribution in [2.45, 2.75) is 13.3 Å². The number of nitrogens with one attached hydrogen (secondary N) is 1. The number of hydrogen-bond acceptors (Lipinski definition) is 2. The monoisotopic (exact) mass is 226 g/mol. The maximum atomic E-state index is 13.3. The van der Waals surface area contributed by atoms with E-state index in [0.717, 1.165) is 6.07 Å². The molecule has 0 bridgehead atoms. The average molecular weight is 226 g/mol. The molecule has 1 heterocycles. The summed E-state index contributed by atoms with van der Waals surface area (Å²) in [5.41, 5.74) is 0.553. The molecule has 0 atom stereocenters. The summed E-state index contributed by atoms with van der Waals surface area (Å²) in [4.78, 5) is 6.91. The lowest BCUT2D eigenvalue weighted by Crippen LogP contribution is -1.99. The fourth-order valence-electron chi connectivity index (χ4n) is 1.52. The first-order chi connectivity index (χ1) is 7.70. The van der Waals surface area contributed by atoms with Gasteiger partial charge >= 0.3 is 0 Å². The molecule has 0 saturated carbocycles. The van der Waals surface area contributed by atoms with Crippen LogP contribution in [-0.2, 0) is 11.2 Å². The van der Waals surface area contributed by atoms with E-state index in [2.05, 4.69) is 9.97 Å². The van der Waals surface area contributed by atoms with E-state index in [1.165, 1.54) is 6.07 Å². The molecule has 0 radical (unpaired) electrons. The summed E-state index contributed by atoms with van der Waals surface area (Å²) in [5.74, 6) is -0.646. The molecule has 0 aliphatic rings. The van der Waals surface area contributed by atoms with E-state index in [1.54, 1.807) is 0 Å². The molecule has 0 fully saturated rings. The van der Waals surface area contributed by atoms with Gasteiger partial charge in [0.25, 0.3) is 0 Å². The van der Waals surface area contributed by atoms with Crippen molar-refractivity contribution < 1.29 is 13.5 Å². The van der Waals surface area contributed by atoms with Crippen LogP contribution in [0.15, 0.2) is 12.1 Å². The van der Waals surface area contributed by atoms with Crippen LogP contribution in [-0.4, -0.2) is 23.2 Å². The Morgan fingerprint density at radius 2 is 2.19 bits per heavy atom. The van der Waals surface area contributed by atoms with E-state index >= 15 is 0 Å². The first-order valence-electron chi connectivity index (χ1n) is 5.12. The normalized spacial score (nSPS) is 11.2. The number of ether oxygens (including phenoxy) is 1. The third kappa shape index (κ3) is 2.19. The first kappa shape index (κ1) is 11.0. The second-order valence-corrected chi connectivity index (χ2v) is 3.41. The molecule has 0 aliphatic heterocycles. The van der Waals surface area contributed by atoms with Gasteiger partial charge in [0.2, 0.25) is 0 Å². The van der Waals surface area contributed by atoms with Crippen LogP contribution in [0, 0.1) is 11.6 Å². The van der Waals surface area contributed by atoms with Crippen molar-refractivity contribution in [3.05, 3.63) is 29.6 Å². The summed E-state index contributed by atoms with van der Waals surface area (Å²) in [7, 11) is 0. The minimum atomic E-state index is -0.645. The van der Waals surface area contributed by atoms with E-state index in [1.807, 2.05) is 6.92 Å². The molecule has 3 nitrogen and oxygen atoms in total. The van der Waals surface area contributed by atoms with Gasteiger partial charge in [0.1, 0.15) is 17.2 Å². The molecule has 0 unspecified atom stereocenters. The Hall–Kier alpha value is -1.49. The quantitative estimate of drug-likeness (QED) is 0.813. The first-order valence-corrected chi connectivity index (χ1v) is 5.12. The number of halogens is 2. The summed E-state index contributed by atoms with van der Waals surface area (Å²) >= 11 is 0. The number of aromatic nitrogens is 2. The maximum Gasteiger partial charge on any atom is 0.153 e. The van der Waals surface area contributed by atoms with Gasteiger partial charge in [0, 0.05) is 19.1 Å². The number of aromatic amines is 1. The van der Waals surface area contributed by atoms with Gasteiger partial charge in [-0.3, -0.25) is 0 Å². The molecule has 16 heavy (non-hydrogen) atoms. The maximum absolute atomic E-state index is 13.3. The van der Waals surface area contributed by atoms with Crippen molar-refractivity contribution in [1.29, 1.82) is 0 Å². The summed E-state index contributed by atoms with van der Waals surface area (Å²) in [5, 5.41) is 0. The molecule has 5 heteroatoms. The highest BCUT2D eigenvalue weighted by Gasteiger charge is 2.09. The molecule has 2 rings (SSSR count). The standard InChI is InChI=1S/C11H12F2N2O/c1-2-16-4-3-10-14-9-6-7(12)5-8(13)11(9)15-10/h5-6H,2-4H2,1H3,(H,14,15). The third-order valence-electron chi connectivity index (χ3n) is 2.24. The van der Waals surface area contributed by atoms with Gasteiger partial charge in [-0.1, -0.05) is 0 Å². The summed E-state index contributed by atoms with van der Waals surface area (Å²) in [6.07, 6.45) is 0.559. The van der Waals surface area contributed by atoms with Gasteiger partial charge in [-0.25, -0.2) is 13.8 Å². The van der Waals surface area contributed by atoms with Gasteiger partial charge in [0.15, 0.2) is 5.82 Å². The highest BCUT2D eigenvalue weighted by molar-refractivity contribution is 5.75. The topological polar surface area (TPSA) is 37.9 Å². The largest absolute Gasteiger partial charge is 0.381 e. The van der Waals surface area contributed by atoms with Crippen LogP contribution < -0.4 is 0 Å².